The van der Waals surface area contributed by atoms with Crippen molar-refractivity contribution in [3.05, 3.63) is 38.9 Å². The lowest BCUT2D eigenvalue weighted by molar-refractivity contribution is -0.137. The van der Waals surface area contributed by atoms with Crippen molar-refractivity contribution in [1.29, 1.82) is 5.26 Å². The first-order valence-corrected chi connectivity index (χ1v) is 10.7. The quantitative estimate of drug-likeness (QED) is 0.485. The average Bonchev–Trinajstić information content (AvgIpc) is 2.79. The summed E-state index contributed by atoms with van der Waals surface area (Å²) in [7, 11) is 0. The molecule has 2 aromatic rings. The Balaban J connectivity index is 1.66. The largest absolute Gasteiger partial charge is 0.417 e. The Morgan fingerprint density at radius 2 is 2.11 bits per heavy atom. The molecular weight excluding hydrogens is 431 g/mol. The molecule has 2 heterocycles. The lowest BCUT2D eigenvalue weighted by Gasteiger charge is -2.09. The summed E-state index contributed by atoms with van der Waals surface area (Å²) < 4.78 is 38.0. The van der Waals surface area contributed by atoms with Gasteiger partial charge in [0.15, 0.2) is 0 Å². The molecule has 1 aliphatic rings. The van der Waals surface area contributed by atoms with E-state index in [2.05, 4.69) is 16.4 Å². The van der Waals surface area contributed by atoms with E-state index in [0.717, 1.165) is 60.4 Å². The number of aromatic nitrogens is 1. The fraction of sp³-hybridized carbons (Fsp3) is 0.389. The molecule has 1 N–H and O–H groups in total. The highest BCUT2D eigenvalue weighted by molar-refractivity contribution is 8.00. The lowest BCUT2D eigenvalue weighted by Crippen LogP contribution is -2.14. The number of pyridine rings is 1. The van der Waals surface area contributed by atoms with E-state index in [9.17, 15) is 23.2 Å². The van der Waals surface area contributed by atoms with E-state index >= 15 is 0 Å². The molecule has 0 unspecified atom stereocenters. The van der Waals surface area contributed by atoms with Crippen molar-refractivity contribution < 1.29 is 18.0 Å². The predicted octanol–water partition coefficient (Wildman–Crippen LogP) is 5.69. The molecule has 2 aromatic heterocycles. The Kier molecular flexibility index (Phi) is 6.53. The van der Waals surface area contributed by atoms with Crippen LogP contribution in [0.1, 0.15) is 40.8 Å². The summed E-state index contributed by atoms with van der Waals surface area (Å²) >= 11 is 8.23. The van der Waals surface area contributed by atoms with Crippen LogP contribution in [0.5, 0.6) is 0 Å². The summed E-state index contributed by atoms with van der Waals surface area (Å²) in [4.78, 5) is 17.1. The summed E-state index contributed by atoms with van der Waals surface area (Å²) in [5.41, 5.74) is 0.608. The third-order valence-corrected chi connectivity index (χ3v) is 6.87. The van der Waals surface area contributed by atoms with Gasteiger partial charge in [-0.25, -0.2) is 4.98 Å². The van der Waals surface area contributed by atoms with Crippen LogP contribution < -0.4 is 5.32 Å². The minimum Gasteiger partial charge on any atom is -0.316 e. The maximum atomic E-state index is 12.7. The number of nitriles is 1. The Morgan fingerprint density at radius 1 is 1.36 bits per heavy atom. The van der Waals surface area contributed by atoms with Crippen LogP contribution in [-0.2, 0) is 23.8 Å². The molecule has 0 bridgehead atoms. The van der Waals surface area contributed by atoms with Crippen LogP contribution >= 0.6 is 34.7 Å². The van der Waals surface area contributed by atoms with Gasteiger partial charge in [-0.3, -0.25) is 4.79 Å². The van der Waals surface area contributed by atoms with Crippen LogP contribution in [0.25, 0.3) is 0 Å². The zero-order chi connectivity index (χ0) is 20.3. The molecule has 148 valence electrons. The number of rotatable bonds is 4. The minimum atomic E-state index is -4.53. The Morgan fingerprint density at radius 3 is 2.79 bits per heavy atom. The summed E-state index contributed by atoms with van der Waals surface area (Å²) in [5.74, 6) is -0.443. The van der Waals surface area contributed by atoms with Crippen molar-refractivity contribution in [2.24, 2.45) is 0 Å². The molecule has 3 rings (SSSR count). The predicted molar refractivity (Wildman–Crippen MR) is 104 cm³/mol. The number of fused-ring (bicyclic) bond motifs is 1. The third kappa shape index (κ3) is 4.80. The standard InChI is InChI=1S/C18H15ClF3N3OS2/c19-13-6-10(18(20,21)22)8-24-17(13)27-9-15(26)25-16-12(7-23)11-4-2-1-3-5-14(11)28-16/h6,8H,1-5,9H2,(H,25,26). The van der Waals surface area contributed by atoms with Gasteiger partial charge < -0.3 is 5.32 Å². The second-order valence-electron chi connectivity index (χ2n) is 6.23. The number of hydrogen-bond acceptors (Lipinski definition) is 5. The van der Waals surface area contributed by atoms with Crippen LogP contribution in [0.4, 0.5) is 18.2 Å². The van der Waals surface area contributed by atoms with E-state index in [0.29, 0.717) is 16.8 Å². The van der Waals surface area contributed by atoms with E-state index in [4.69, 9.17) is 11.6 Å². The van der Waals surface area contributed by atoms with E-state index in [1.165, 1.54) is 11.3 Å². The molecule has 0 spiro atoms. The highest BCUT2D eigenvalue weighted by Gasteiger charge is 2.31. The molecule has 0 aromatic carbocycles. The highest BCUT2D eigenvalue weighted by atomic mass is 35.5. The number of aryl methyl sites for hydroxylation is 1. The second-order valence-corrected chi connectivity index (χ2v) is 8.70. The molecule has 0 atom stereocenters. The molecule has 28 heavy (non-hydrogen) atoms. The number of alkyl halides is 3. The van der Waals surface area contributed by atoms with Crippen molar-refractivity contribution >= 4 is 45.6 Å². The molecule has 0 fully saturated rings. The smallest absolute Gasteiger partial charge is 0.316 e. The van der Waals surface area contributed by atoms with Gasteiger partial charge in [0.05, 0.1) is 21.9 Å². The number of carbonyl (C=O) groups excluding carboxylic acids is 1. The third-order valence-electron chi connectivity index (χ3n) is 4.26. The molecule has 4 nitrogen and oxygen atoms in total. The van der Waals surface area contributed by atoms with Gasteiger partial charge in [-0.05, 0) is 37.3 Å². The normalized spacial score (nSPS) is 14.1. The number of amides is 1. The number of halogens is 4. The number of hydrogen-bond donors (Lipinski definition) is 1. The van der Waals surface area contributed by atoms with Gasteiger partial charge in [0.1, 0.15) is 16.1 Å². The van der Waals surface area contributed by atoms with Gasteiger partial charge in [0, 0.05) is 11.1 Å². The average molecular weight is 446 g/mol. The van der Waals surface area contributed by atoms with E-state index in [1.807, 2.05) is 0 Å². The first-order chi connectivity index (χ1) is 13.3. The van der Waals surface area contributed by atoms with Crippen molar-refractivity contribution in [1.82, 2.24) is 4.98 Å². The van der Waals surface area contributed by atoms with Crippen molar-refractivity contribution in [3.63, 3.8) is 0 Å². The molecule has 0 saturated heterocycles. The minimum absolute atomic E-state index is 0.0779. The van der Waals surface area contributed by atoms with Crippen LogP contribution in [-0.4, -0.2) is 16.6 Å². The van der Waals surface area contributed by atoms with Crippen molar-refractivity contribution in [2.75, 3.05) is 11.1 Å². The van der Waals surface area contributed by atoms with Crippen LogP contribution in [0.2, 0.25) is 5.02 Å². The fourth-order valence-electron chi connectivity index (χ4n) is 2.93. The summed E-state index contributed by atoms with van der Waals surface area (Å²) in [6, 6.07) is 2.98. The van der Waals surface area contributed by atoms with E-state index < -0.39 is 11.7 Å². The summed E-state index contributed by atoms with van der Waals surface area (Å²) in [5, 5.41) is 12.8. The molecule has 0 saturated carbocycles. The fourth-order valence-corrected chi connectivity index (χ4v) is 5.18. The molecule has 10 heteroatoms. The lowest BCUT2D eigenvalue weighted by atomic mass is 10.1. The summed E-state index contributed by atoms with van der Waals surface area (Å²) in [6.07, 6.45) is 1.14. The number of thioether (sulfide) groups is 1. The van der Waals surface area contributed by atoms with Gasteiger partial charge in [0.2, 0.25) is 5.91 Å². The van der Waals surface area contributed by atoms with Crippen LogP contribution in [0.15, 0.2) is 17.3 Å². The highest BCUT2D eigenvalue weighted by Crippen LogP contribution is 2.37. The zero-order valence-corrected chi connectivity index (χ0v) is 16.9. The molecule has 0 aliphatic heterocycles. The number of anilines is 1. The van der Waals surface area contributed by atoms with Crippen LogP contribution in [0.3, 0.4) is 0 Å². The molecular formula is C18H15ClF3N3OS2. The van der Waals surface area contributed by atoms with Gasteiger partial charge >= 0.3 is 6.18 Å². The maximum Gasteiger partial charge on any atom is 0.417 e. The Hall–Kier alpha value is -1.76. The van der Waals surface area contributed by atoms with Crippen molar-refractivity contribution in [2.45, 2.75) is 43.3 Å². The van der Waals surface area contributed by atoms with Gasteiger partial charge in [-0.2, -0.15) is 18.4 Å². The van der Waals surface area contributed by atoms with Gasteiger partial charge in [-0.1, -0.05) is 29.8 Å². The SMILES string of the molecule is N#Cc1c(NC(=O)CSc2ncc(C(F)(F)F)cc2Cl)sc2c1CCCCC2. The molecule has 1 aliphatic carbocycles. The van der Waals surface area contributed by atoms with Crippen LogP contribution in [0, 0.1) is 11.3 Å². The molecule has 1 amide bonds. The van der Waals surface area contributed by atoms with E-state index in [1.54, 1.807) is 0 Å². The Labute approximate surface area is 173 Å². The number of nitrogens with one attached hydrogen (secondary N) is 1. The number of nitrogens with zero attached hydrogens (tertiary/aromatic N) is 2. The number of carbonyl (C=O) groups is 1. The first kappa shape index (κ1) is 21.0. The van der Waals surface area contributed by atoms with E-state index in [-0.39, 0.29) is 21.7 Å². The van der Waals surface area contributed by atoms with Gasteiger partial charge in [0.25, 0.3) is 0 Å². The number of thiophene rings is 1. The molecule has 0 radical (unpaired) electrons. The first-order valence-electron chi connectivity index (χ1n) is 8.49. The second kappa shape index (κ2) is 8.72. The van der Waals surface area contributed by atoms with Gasteiger partial charge in [-0.15, -0.1) is 11.3 Å². The maximum absolute atomic E-state index is 12.7. The summed E-state index contributed by atoms with van der Waals surface area (Å²) in [6.45, 7) is 0. The van der Waals surface area contributed by atoms with Crippen molar-refractivity contribution in [3.8, 4) is 6.07 Å². The monoisotopic (exact) mass is 445 g/mol. The Bertz CT molecular complexity index is 937. The zero-order valence-electron chi connectivity index (χ0n) is 14.5. The topological polar surface area (TPSA) is 65.8 Å².